The zero-order chi connectivity index (χ0) is 12.3. The van der Waals surface area contributed by atoms with Gasteiger partial charge in [-0.25, -0.2) is 9.97 Å². The predicted molar refractivity (Wildman–Crippen MR) is 65.8 cm³/mol. The van der Waals surface area contributed by atoms with Crippen LogP contribution in [0.3, 0.4) is 0 Å². The van der Waals surface area contributed by atoms with E-state index >= 15 is 0 Å². The van der Waals surface area contributed by atoms with Crippen molar-refractivity contribution in [3.63, 3.8) is 0 Å². The maximum absolute atomic E-state index is 11.9. The summed E-state index contributed by atoms with van der Waals surface area (Å²) in [5, 5.41) is 2.93. The average Bonchev–Trinajstić information content (AvgIpc) is 2.30. The Morgan fingerprint density at radius 3 is 2.65 bits per heavy atom. The summed E-state index contributed by atoms with van der Waals surface area (Å²) >= 11 is 5.92. The van der Waals surface area contributed by atoms with Gasteiger partial charge >= 0.3 is 0 Å². The molecule has 86 valence electrons. The molecule has 2 rings (SSSR count). The largest absolute Gasteiger partial charge is 0.399 e. The molecule has 0 aliphatic rings. The molecule has 1 amide bonds. The number of nitrogens with zero attached hydrogens (tertiary/aromatic N) is 2. The number of anilines is 2. The van der Waals surface area contributed by atoms with Gasteiger partial charge in [-0.3, -0.25) is 4.79 Å². The third-order valence-corrected chi connectivity index (χ3v) is 2.37. The molecule has 0 spiro atoms. The van der Waals surface area contributed by atoms with Crippen LogP contribution < -0.4 is 11.1 Å². The van der Waals surface area contributed by atoms with Crippen LogP contribution in [0, 0.1) is 0 Å². The number of nitrogen functional groups attached to an aromatic ring is 1. The van der Waals surface area contributed by atoms with E-state index in [-0.39, 0.29) is 5.91 Å². The van der Waals surface area contributed by atoms with Gasteiger partial charge in [0, 0.05) is 5.69 Å². The van der Waals surface area contributed by atoms with Crippen molar-refractivity contribution in [2.75, 3.05) is 11.1 Å². The van der Waals surface area contributed by atoms with Gasteiger partial charge in [0.1, 0.15) is 6.33 Å². The summed E-state index contributed by atoms with van der Waals surface area (Å²) in [7, 11) is 0. The summed E-state index contributed by atoms with van der Waals surface area (Å²) < 4.78 is 0. The van der Waals surface area contributed by atoms with Gasteiger partial charge in [0.25, 0.3) is 5.91 Å². The van der Waals surface area contributed by atoms with E-state index < -0.39 is 0 Å². The lowest BCUT2D eigenvalue weighted by Crippen LogP contribution is -2.12. The molecule has 2 aromatic rings. The van der Waals surface area contributed by atoms with Crippen LogP contribution in [0.1, 0.15) is 10.4 Å². The van der Waals surface area contributed by atoms with E-state index in [1.807, 2.05) is 0 Å². The molecule has 1 aromatic carbocycles. The summed E-state index contributed by atoms with van der Waals surface area (Å²) in [4.78, 5) is 19.4. The molecule has 1 aromatic heterocycles. The summed E-state index contributed by atoms with van der Waals surface area (Å²) in [5.74, 6) is -0.329. The zero-order valence-electron chi connectivity index (χ0n) is 8.72. The average molecular weight is 249 g/mol. The topological polar surface area (TPSA) is 80.9 Å². The van der Waals surface area contributed by atoms with Crippen LogP contribution in [0.2, 0.25) is 5.02 Å². The molecule has 17 heavy (non-hydrogen) atoms. The number of nitrogens with one attached hydrogen (secondary N) is 1. The summed E-state index contributed by atoms with van der Waals surface area (Å²) in [6.45, 7) is 0. The van der Waals surface area contributed by atoms with Crippen molar-refractivity contribution in [2.45, 2.75) is 0 Å². The molecule has 0 saturated carbocycles. The lowest BCUT2D eigenvalue weighted by Gasteiger charge is -2.06. The van der Waals surface area contributed by atoms with Crippen molar-refractivity contribution in [1.29, 1.82) is 0 Å². The van der Waals surface area contributed by atoms with Gasteiger partial charge in [-0.2, -0.15) is 0 Å². The number of carbonyl (C=O) groups is 1. The minimum absolute atomic E-state index is 0.305. The second-order valence-electron chi connectivity index (χ2n) is 3.32. The highest BCUT2D eigenvalue weighted by molar-refractivity contribution is 6.34. The van der Waals surface area contributed by atoms with Crippen molar-refractivity contribution in [1.82, 2.24) is 9.97 Å². The monoisotopic (exact) mass is 248 g/mol. The van der Waals surface area contributed by atoms with Crippen molar-refractivity contribution < 1.29 is 4.79 Å². The zero-order valence-corrected chi connectivity index (χ0v) is 9.48. The fourth-order valence-electron chi connectivity index (χ4n) is 1.28. The first-order chi connectivity index (χ1) is 8.16. The highest BCUT2D eigenvalue weighted by Gasteiger charge is 2.10. The van der Waals surface area contributed by atoms with Crippen LogP contribution >= 0.6 is 11.6 Å². The van der Waals surface area contributed by atoms with E-state index in [1.165, 1.54) is 24.8 Å². The fraction of sp³-hybridized carbons (Fsp3) is 0. The smallest absolute Gasteiger partial charge is 0.257 e. The van der Waals surface area contributed by atoms with Gasteiger partial charge < -0.3 is 11.1 Å². The number of halogens is 1. The minimum Gasteiger partial charge on any atom is -0.399 e. The highest BCUT2D eigenvalue weighted by Crippen LogP contribution is 2.20. The number of benzene rings is 1. The quantitative estimate of drug-likeness (QED) is 0.796. The Kier molecular flexibility index (Phi) is 3.20. The molecule has 1 heterocycles. The second kappa shape index (κ2) is 4.80. The lowest BCUT2D eigenvalue weighted by atomic mass is 10.2. The van der Waals surface area contributed by atoms with E-state index in [4.69, 9.17) is 17.3 Å². The summed E-state index contributed by atoms with van der Waals surface area (Å²) in [6.07, 6.45) is 4.37. The van der Waals surface area contributed by atoms with Crippen molar-refractivity contribution >= 4 is 28.9 Å². The fourth-order valence-corrected chi connectivity index (χ4v) is 1.55. The van der Waals surface area contributed by atoms with Crippen LogP contribution in [-0.2, 0) is 0 Å². The Balaban J connectivity index is 2.21. The Morgan fingerprint density at radius 1 is 1.29 bits per heavy atom. The molecule has 0 aliphatic heterocycles. The second-order valence-corrected chi connectivity index (χ2v) is 3.73. The number of rotatable bonds is 2. The van der Waals surface area contributed by atoms with Crippen LogP contribution in [-0.4, -0.2) is 15.9 Å². The summed E-state index contributed by atoms with van der Waals surface area (Å²) in [5.41, 5.74) is 6.91. The van der Waals surface area contributed by atoms with Gasteiger partial charge in [-0.15, -0.1) is 0 Å². The van der Waals surface area contributed by atoms with Crippen LogP contribution in [0.15, 0.2) is 36.9 Å². The molecule has 0 atom stereocenters. The van der Waals surface area contributed by atoms with E-state index in [1.54, 1.807) is 12.1 Å². The Morgan fingerprint density at radius 2 is 2.00 bits per heavy atom. The maximum atomic E-state index is 11.9. The van der Waals surface area contributed by atoms with E-state index in [0.29, 0.717) is 22.0 Å². The first kappa shape index (κ1) is 11.3. The molecule has 6 heteroatoms. The van der Waals surface area contributed by atoms with Crippen LogP contribution in [0.5, 0.6) is 0 Å². The lowest BCUT2D eigenvalue weighted by molar-refractivity contribution is 0.102. The third kappa shape index (κ3) is 2.70. The Labute approximate surface area is 103 Å². The molecule has 0 bridgehead atoms. The number of amides is 1. The maximum Gasteiger partial charge on any atom is 0.257 e. The normalized spacial score (nSPS) is 9.94. The molecule has 0 fully saturated rings. The summed E-state index contributed by atoms with van der Waals surface area (Å²) in [6, 6.07) is 4.71. The van der Waals surface area contributed by atoms with Crippen molar-refractivity contribution in [3.8, 4) is 0 Å². The minimum atomic E-state index is -0.329. The van der Waals surface area contributed by atoms with Gasteiger partial charge in [-0.05, 0) is 18.2 Å². The first-order valence-corrected chi connectivity index (χ1v) is 5.16. The van der Waals surface area contributed by atoms with Crippen LogP contribution in [0.4, 0.5) is 11.4 Å². The van der Waals surface area contributed by atoms with E-state index in [2.05, 4.69) is 15.3 Å². The van der Waals surface area contributed by atoms with Crippen LogP contribution in [0.25, 0.3) is 0 Å². The standard InChI is InChI=1S/C11H9ClN4O/c12-10-3-7(13)1-2-9(10)11(17)16-8-4-14-6-15-5-8/h1-6H,13H2,(H,16,17). The number of hydrogen-bond donors (Lipinski definition) is 2. The number of nitrogens with two attached hydrogens (primary N) is 1. The van der Waals surface area contributed by atoms with Gasteiger partial charge in [0.2, 0.25) is 0 Å². The molecule has 0 saturated heterocycles. The molecular weight excluding hydrogens is 240 g/mol. The first-order valence-electron chi connectivity index (χ1n) is 4.78. The molecule has 0 unspecified atom stereocenters. The van der Waals surface area contributed by atoms with Crippen molar-refractivity contribution in [2.24, 2.45) is 0 Å². The number of hydrogen-bond acceptors (Lipinski definition) is 4. The van der Waals surface area contributed by atoms with Crippen molar-refractivity contribution in [3.05, 3.63) is 47.5 Å². The molecule has 3 N–H and O–H groups in total. The third-order valence-electron chi connectivity index (χ3n) is 2.06. The number of aromatic nitrogens is 2. The predicted octanol–water partition coefficient (Wildman–Crippen LogP) is 1.96. The number of carbonyl (C=O) groups excluding carboxylic acids is 1. The highest BCUT2D eigenvalue weighted by atomic mass is 35.5. The SMILES string of the molecule is Nc1ccc(C(=O)Nc2cncnc2)c(Cl)c1. The molecule has 0 aliphatic carbocycles. The van der Waals surface area contributed by atoms with Gasteiger partial charge in [0.05, 0.1) is 28.7 Å². The van der Waals surface area contributed by atoms with Gasteiger partial charge in [-0.1, -0.05) is 11.6 Å². The Hall–Kier alpha value is -2.14. The van der Waals surface area contributed by atoms with E-state index in [9.17, 15) is 4.79 Å². The Bertz CT molecular complexity index is 544. The molecule has 5 nitrogen and oxygen atoms in total. The van der Waals surface area contributed by atoms with E-state index in [0.717, 1.165) is 0 Å². The molecule has 0 radical (unpaired) electrons. The molecular formula is C11H9ClN4O. The van der Waals surface area contributed by atoms with Gasteiger partial charge in [0.15, 0.2) is 0 Å².